The monoisotopic (exact) mass is 471 g/mol. The maximum Gasteiger partial charge on any atom is 0.137 e. The Labute approximate surface area is 199 Å². The van der Waals surface area contributed by atoms with Crippen LogP contribution in [-0.4, -0.2) is 48.7 Å². The molecule has 0 N–H and O–H groups in total. The number of carbonyl (C=O) groups excluding carboxylic acids is 1. The van der Waals surface area contributed by atoms with Gasteiger partial charge < -0.3 is 24.4 Å². The molecule has 3 aliphatic heterocycles. The number of amides is 1. The molecular formula is C26H29ClFN2O3-. The van der Waals surface area contributed by atoms with E-state index in [9.17, 15) is 9.90 Å². The zero-order valence-electron chi connectivity index (χ0n) is 19.2. The molecule has 2 aromatic rings. The van der Waals surface area contributed by atoms with Gasteiger partial charge in [0.25, 0.3) is 0 Å². The average molecular weight is 472 g/mol. The smallest absolute Gasteiger partial charge is 0.137 e. The van der Waals surface area contributed by atoms with E-state index in [-0.39, 0.29) is 17.3 Å². The molecule has 3 heterocycles. The van der Waals surface area contributed by atoms with Gasteiger partial charge in [-0.15, -0.1) is 0 Å². The summed E-state index contributed by atoms with van der Waals surface area (Å²) in [6.45, 7) is 6.91. The molecule has 6 rings (SSSR count). The fraction of sp³-hybridized carbons (Fsp3) is 0.500. The molecule has 176 valence electrons. The van der Waals surface area contributed by atoms with Gasteiger partial charge in [0, 0.05) is 18.2 Å². The van der Waals surface area contributed by atoms with E-state index in [1.54, 1.807) is 23.1 Å². The van der Waals surface area contributed by atoms with Gasteiger partial charge in [0.1, 0.15) is 17.7 Å². The van der Waals surface area contributed by atoms with Crippen molar-refractivity contribution in [2.75, 3.05) is 26.7 Å². The summed E-state index contributed by atoms with van der Waals surface area (Å²) in [7, 11) is 1.54. The highest BCUT2D eigenvalue weighted by molar-refractivity contribution is 6.32. The molecule has 1 aliphatic carbocycles. The molecule has 0 radical (unpaired) electrons. The molecule has 3 fully saturated rings. The number of hydrogen-bond acceptors (Lipinski definition) is 4. The summed E-state index contributed by atoms with van der Waals surface area (Å²) in [4.78, 5) is 16.4. The minimum absolute atomic E-state index is 0.115. The van der Waals surface area contributed by atoms with Crippen molar-refractivity contribution >= 4 is 17.7 Å². The van der Waals surface area contributed by atoms with Crippen LogP contribution < -0.4 is 9.84 Å². The van der Waals surface area contributed by atoms with Gasteiger partial charge in [-0.2, -0.15) is 0 Å². The summed E-state index contributed by atoms with van der Waals surface area (Å²) < 4.78 is 20.7. The van der Waals surface area contributed by atoms with Crippen LogP contribution in [-0.2, 0) is 6.42 Å². The zero-order valence-corrected chi connectivity index (χ0v) is 20.0. The molecule has 2 bridgehead atoms. The van der Waals surface area contributed by atoms with Crippen LogP contribution in [0, 0.1) is 17.2 Å². The molecule has 1 amide bonds. The van der Waals surface area contributed by atoms with Crippen molar-refractivity contribution in [3.63, 3.8) is 0 Å². The van der Waals surface area contributed by atoms with Crippen LogP contribution in [0.3, 0.4) is 0 Å². The quantitative estimate of drug-likeness (QED) is 0.658. The zero-order chi connectivity index (χ0) is 23.5. The second-order valence-electron chi connectivity index (χ2n) is 10.3. The average Bonchev–Trinajstić information content (AvgIpc) is 3.03. The molecular weight excluding hydrogens is 443 g/mol. The van der Waals surface area contributed by atoms with Crippen LogP contribution in [0.25, 0.3) is 11.1 Å². The van der Waals surface area contributed by atoms with Crippen LogP contribution >= 0.6 is 11.6 Å². The van der Waals surface area contributed by atoms with Gasteiger partial charge in [0.2, 0.25) is 0 Å². The Balaban J connectivity index is 1.56. The van der Waals surface area contributed by atoms with Gasteiger partial charge in [-0.25, -0.2) is 4.39 Å². The maximum atomic E-state index is 15.5. The van der Waals surface area contributed by atoms with Crippen molar-refractivity contribution in [3.8, 4) is 16.9 Å². The summed E-state index contributed by atoms with van der Waals surface area (Å²) >= 11 is 6.28. The fourth-order valence-electron chi connectivity index (χ4n) is 6.31. The van der Waals surface area contributed by atoms with Crippen molar-refractivity contribution in [2.24, 2.45) is 11.3 Å². The van der Waals surface area contributed by atoms with Crippen molar-refractivity contribution in [3.05, 3.63) is 52.3 Å². The van der Waals surface area contributed by atoms with E-state index < -0.39 is 12.1 Å². The molecule has 3 saturated heterocycles. The molecule has 2 atom stereocenters. The van der Waals surface area contributed by atoms with E-state index in [1.807, 2.05) is 6.07 Å². The number of nitrogens with zero attached hydrogens (tertiary/aromatic N) is 2. The third-order valence-electron chi connectivity index (χ3n) is 7.84. The van der Waals surface area contributed by atoms with E-state index >= 15 is 4.39 Å². The first kappa shape index (κ1) is 22.5. The molecule has 5 nitrogen and oxygen atoms in total. The Morgan fingerprint density at radius 2 is 1.97 bits per heavy atom. The Bertz CT molecular complexity index is 1100. The Hall–Kier alpha value is -2.31. The van der Waals surface area contributed by atoms with Crippen LogP contribution in [0.2, 0.25) is 5.02 Å². The van der Waals surface area contributed by atoms with Crippen LogP contribution in [0.4, 0.5) is 9.18 Å². The Kier molecular flexibility index (Phi) is 5.57. The van der Waals surface area contributed by atoms with Crippen molar-refractivity contribution in [1.29, 1.82) is 0 Å². The lowest BCUT2D eigenvalue weighted by Crippen LogP contribution is -2.62. The standard InChI is InChI=1S/C26H30ClFN2O3/c1-26(2)13-17-10-18(16-4-5-23(33-3)20(27)11-16)21(28)12-19(17)24(26)30(25(31)32)22-14-29-8-6-15(22)7-9-29/h4-5,10-12,15,22,24H,6-9,13-14H2,1-3H3,(H,31,32)/p-1/t22-,24+/m1/s1. The van der Waals surface area contributed by atoms with Gasteiger partial charge >= 0.3 is 0 Å². The molecule has 4 aliphatic rings. The minimum Gasteiger partial charge on any atom is -0.530 e. The summed E-state index contributed by atoms with van der Waals surface area (Å²) in [5.74, 6) is 0.480. The van der Waals surface area contributed by atoms with Crippen molar-refractivity contribution in [1.82, 2.24) is 9.80 Å². The molecule has 0 spiro atoms. The normalized spacial score (nSPS) is 27.3. The third-order valence-corrected chi connectivity index (χ3v) is 8.14. The summed E-state index contributed by atoms with van der Waals surface area (Å²) in [6, 6.07) is 8.04. The van der Waals surface area contributed by atoms with E-state index in [1.165, 1.54) is 13.2 Å². The van der Waals surface area contributed by atoms with E-state index in [4.69, 9.17) is 16.3 Å². The molecule has 33 heavy (non-hydrogen) atoms. The number of piperidine rings is 3. The van der Waals surface area contributed by atoms with Crippen molar-refractivity contribution < 1.29 is 19.0 Å². The lowest BCUT2D eigenvalue weighted by molar-refractivity contribution is -0.276. The SMILES string of the molecule is COc1ccc(-c2cc3c(cc2F)[C@H](N(C(=O)[O-])[C@@H]2CN4CCC2CC4)C(C)(C)C3)cc1Cl. The lowest BCUT2D eigenvalue weighted by atomic mass is 9.79. The summed E-state index contributed by atoms with van der Waals surface area (Å²) in [6.07, 6.45) is 1.50. The number of benzene rings is 2. The van der Waals surface area contributed by atoms with E-state index in [0.29, 0.717) is 34.2 Å². The number of hydrogen-bond donors (Lipinski definition) is 0. The number of methoxy groups -OCH3 is 1. The first-order valence-electron chi connectivity index (χ1n) is 11.6. The lowest BCUT2D eigenvalue weighted by Gasteiger charge is -2.53. The van der Waals surface area contributed by atoms with Gasteiger partial charge in [-0.05, 0) is 84.6 Å². The number of ether oxygens (including phenoxy) is 1. The number of fused-ring (bicyclic) bond motifs is 4. The van der Waals surface area contributed by atoms with Crippen LogP contribution in [0.1, 0.15) is 43.9 Å². The maximum absolute atomic E-state index is 15.5. The van der Waals surface area contributed by atoms with Gasteiger partial charge in [-0.1, -0.05) is 31.5 Å². The molecule has 0 unspecified atom stereocenters. The number of carbonyl (C=O) groups is 1. The van der Waals surface area contributed by atoms with Gasteiger partial charge in [0.15, 0.2) is 0 Å². The molecule has 0 aromatic heterocycles. The number of carboxylic acid groups (broad SMARTS) is 1. The van der Waals surface area contributed by atoms with Gasteiger partial charge in [-0.3, -0.25) is 0 Å². The highest BCUT2D eigenvalue weighted by Crippen LogP contribution is 2.52. The van der Waals surface area contributed by atoms with E-state index in [0.717, 1.165) is 43.6 Å². The summed E-state index contributed by atoms with van der Waals surface area (Å²) in [5.41, 5.74) is 2.47. The molecule has 2 aromatic carbocycles. The topological polar surface area (TPSA) is 55.8 Å². The Morgan fingerprint density at radius 3 is 2.55 bits per heavy atom. The van der Waals surface area contributed by atoms with Crippen LogP contribution in [0.5, 0.6) is 5.75 Å². The third kappa shape index (κ3) is 3.77. The Morgan fingerprint density at radius 1 is 1.24 bits per heavy atom. The van der Waals surface area contributed by atoms with Crippen LogP contribution in [0.15, 0.2) is 30.3 Å². The fourth-order valence-corrected chi connectivity index (χ4v) is 6.57. The van der Waals surface area contributed by atoms with Crippen molar-refractivity contribution in [2.45, 2.75) is 45.2 Å². The largest absolute Gasteiger partial charge is 0.530 e. The minimum atomic E-state index is -1.16. The predicted octanol–water partition coefficient (Wildman–Crippen LogP) is 4.52. The number of rotatable bonds is 4. The number of halogens is 2. The first-order chi connectivity index (χ1) is 15.7. The summed E-state index contributed by atoms with van der Waals surface area (Å²) in [5, 5.41) is 12.9. The second-order valence-corrected chi connectivity index (χ2v) is 10.7. The highest BCUT2D eigenvalue weighted by atomic mass is 35.5. The highest BCUT2D eigenvalue weighted by Gasteiger charge is 2.48. The molecule has 0 saturated carbocycles. The first-order valence-corrected chi connectivity index (χ1v) is 12.0. The predicted molar refractivity (Wildman–Crippen MR) is 124 cm³/mol. The second kappa shape index (κ2) is 8.17. The van der Waals surface area contributed by atoms with E-state index in [2.05, 4.69) is 18.7 Å². The molecule has 7 heteroatoms. The van der Waals surface area contributed by atoms with Gasteiger partial charge in [0.05, 0.1) is 18.2 Å².